The molecule has 0 aliphatic heterocycles. The van der Waals surface area contributed by atoms with Crippen molar-refractivity contribution in [3.63, 3.8) is 0 Å². The number of hydrogen-bond donors (Lipinski definition) is 0. The van der Waals surface area contributed by atoms with Crippen LogP contribution in [0.1, 0.15) is 29.5 Å². The van der Waals surface area contributed by atoms with E-state index in [1.807, 2.05) is 0 Å². The van der Waals surface area contributed by atoms with E-state index in [1.165, 1.54) is 88.2 Å². The highest BCUT2D eigenvalue weighted by molar-refractivity contribution is 6.18. The van der Waals surface area contributed by atoms with Crippen LogP contribution in [0.3, 0.4) is 0 Å². The summed E-state index contributed by atoms with van der Waals surface area (Å²) in [5.41, 5.74) is 19.3. The van der Waals surface area contributed by atoms with Crippen molar-refractivity contribution >= 4 is 49.6 Å². The number of rotatable bonds is 8. The van der Waals surface area contributed by atoms with Gasteiger partial charge >= 0.3 is 0 Å². The molecule has 1 unspecified atom stereocenters. The Morgan fingerprint density at radius 2 is 1.00 bits per heavy atom. The second kappa shape index (κ2) is 15.9. The summed E-state index contributed by atoms with van der Waals surface area (Å²) in [6, 6.07) is 87.4. The monoisotopic (exact) mass is 854 g/mol. The van der Waals surface area contributed by atoms with Crippen LogP contribution < -0.4 is 4.90 Å². The molecular weight excluding hydrogens is 809 g/mol. The van der Waals surface area contributed by atoms with Crippen molar-refractivity contribution in [3.8, 4) is 39.1 Å². The van der Waals surface area contributed by atoms with Crippen molar-refractivity contribution in [2.24, 2.45) is 0 Å². The fourth-order valence-corrected chi connectivity index (χ4v) is 11.3. The molecule has 1 heterocycles. The van der Waals surface area contributed by atoms with E-state index in [0.29, 0.717) is 0 Å². The van der Waals surface area contributed by atoms with Gasteiger partial charge in [0.25, 0.3) is 0 Å². The van der Waals surface area contributed by atoms with E-state index >= 15 is 0 Å². The molecule has 0 fully saturated rings. The molecule has 11 aromatic rings. The van der Waals surface area contributed by atoms with Crippen molar-refractivity contribution in [1.29, 1.82) is 0 Å². The molecule has 0 radical (unpaired) electrons. The molecule has 0 saturated carbocycles. The van der Waals surface area contributed by atoms with Gasteiger partial charge in [-0.1, -0.05) is 206 Å². The molecule has 2 aliphatic rings. The molecule has 2 nitrogen and oxygen atoms in total. The lowest BCUT2D eigenvalue weighted by Gasteiger charge is -2.37. The Hall–Kier alpha value is -8.46. The predicted molar refractivity (Wildman–Crippen MR) is 282 cm³/mol. The van der Waals surface area contributed by atoms with Gasteiger partial charge in [0, 0.05) is 38.9 Å². The Balaban J connectivity index is 0.929. The van der Waals surface area contributed by atoms with Gasteiger partial charge in [-0.25, -0.2) is 0 Å². The first-order chi connectivity index (χ1) is 33.2. The van der Waals surface area contributed by atoms with Gasteiger partial charge in [-0.3, -0.25) is 0 Å². The summed E-state index contributed by atoms with van der Waals surface area (Å²) in [6.45, 7) is 0. The van der Waals surface area contributed by atoms with Crippen molar-refractivity contribution in [1.82, 2.24) is 4.57 Å². The summed E-state index contributed by atoms with van der Waals surface area (Å²) < 4.78 is 2.43. The highest BCUT2D eigenvalue weighted by atomic mass is 15.1. The fraction of sp³-hybridized carbons (Fsp3) is 0.0462. The normalized spacial score (nSPS) is 15.1. The molecule has 2 heteroatoms. The van der Waals surface area contributed by atoms with Crippen molar-refractivity contribution < 1.29 is 0 Å². The molecular formula is C65H46N2. The van der Waals surface area contributed by atoms with E-state index in [9.17, 15) is 0 Å². The van der Waals surface area contributed by atoms with Gasteiger partial charge in [-0.15, -0.1) is 0 Å². The fourth-order valence-electron chi connectivity index (χ4n) is 11.3. The van der Waals surface area contributed by atoms with E-state index in [2.05, 4.69) is 264 Å². The van der Waals surface area contributed by atoms with Gasteiger partial charge in [-0.2, -0.15) is 0 Å². The van der Waals surface area contributed by atoms with Crippen molar-refractivity contribution in [3.05, 3.63) is 277 Å². The third-order valence-corrected chi connectivity index (χ3v) is 14.4. The number of aromatic nitrogens is 1. The van der Waals surface area contributed by atoms with Crippen LogP contribution in [0.25, 0.3) is 71.6 Å². The first-order valence-electron chi connectivity index (χ1n) is 23.5. The van der Waals surface area contributed by atoms with Crippen LogP contribution in [-0.4, -0.2) is 4.57 Å². The molecule has 0 N–H and O–H groups in total. The van der Waals surface area contributed by atoms with Crippen LogP contribution in [0.5, 0.6) is 0 Å². The minimum atomic E-state index is -0.418. The Morgan fingerprint density at radius 1 is 0.418 bits per heavy atom. The van der Waals surface area contributed by atoms with Gasteiger partial charge in [0.1, 0.15) is 0 Å². The van der Waals surface area contributed by atoms with E-state index in [1.54, 1.807) is 0 Å². The minimum Gasteiger partial charge on any atom is -0.310 e. The molecule has 1 aromatic heterocycles. The number of fused-ring (bicyclic) bond motifs is 8. The van der Waals surface area contributed by atoms with Gasteiger partial charge < -0.3 is 9.47 Å². The van der Waals surface area contributed by atoms with Crippen LogP contribution in [0.15, 0.2) is 260 Å². The lowest BCUT2D eigenvalue weighted by atomic mass is 9.65. The standard InChI is InChI=1S/C65H46N2/c1-4-16-45(17-5-1)46-28-35-52(36-29-46)66(55-41-43-58-57-24-12-14-26-61(57)65(62(58)44-55,50-19-6-2-7-20-50)51-21-8-3-9-22-51)53-37-30-47(31-38-53)48-32-39-54(40-33-48)67-63-27-15-13-25-59(63)60-42-34-49-18-10-11-23-56(49)64(60)67/h1-8,10-21,23-44H,9,22H2. The molecule has 10 aromatic carbocycles. The van der Waals surface area contributed by atoms with Crippen LogP contribution in [0.2, 0.25) is 0 Å². The maximum atomic E-state index is 2.48. The molecule has 0 spiro atoms. The average molecular weight is 855 g/mol. The second-order valence-electron chi connectivity index (χ2n) is 17.9. The summed E-state index contributed by atoms with van der Waals surface area (Å²) in [5, 5.41) is 5.05. The third-order valence-electron chi connectivity index (χ3n) is 14.4. The summed E-state index contributed by atoms with van der Waals surface area (Å²) in [6.07, 6.45) is 8.98. The molecule has 0 saturated heterocycles. The first-order valence-corrected chi connectivity index (χ1v) is 23.5. The van der Waals surface area contributed by atoms with Crippen LogP contribution >= 0.6 is 0 Å². The lowest BCUT2D eigenvalue weighted by molar-refractivity contribution is 0.693. The first kappa shape index (κ1) is 39.0. The summed E-state index contributed by atoms with van der Waals surface area (Å²) in [7, 11) is 0. The van der Waals surface area contributed by atoms with Gasteiger partial charge in [0.15, 0.2) is 0 Å². The topological polar surface area (TPSA) is 8.17 Å². The number of benzene rings is 10. The Morgan fingerprint density at radius 3 is 1.72 bits per heavy atom. The highest BCUT2D eigenvalue weighted by Crippen LogP contribution is 2.58. The summed E-state index contributed by atoms with van der Waals surface area (Å²) >= 11 is 0. The van der Waals surface area contributed by atoms with Gasteiger partial charge in [-0.05, 0) is 123 Å². The molecule has 316 valence electrons. The third kappa shape index (κ3) is 6.25. The smallest absolute Gasteiger partial charge is 0.0677 e. The zero-order chi connectivity index (χ0) is 44.3. The number of para-hydroxylation sites is 1. The molecule has 0 amide bonds. The molecule has 13 rings (SSSR count). The summed E-state index contributed by atoms with van der Waals surface area (Å²) in [4.78, 5) is 2.43. The van der Waals surface area contributed by atoms with Crippen LogP contribution in [0.4, 0.5) is 17.1 Å². The second-order valence-corrected chi connectivity index (χ2v) is 17.9. The van der Waals surface area contributed by atoms with E-state index in [-0.39, 0.29) is 0 Å². The lowest BCUT2D eigenvalue weighted by Crippen LogP contribution is -2.30. The van der Waals surface area contributed by atoms with E-state index < -0.39 is 5.41 Å². The Bertz CT molecular complexity index is 3710. The quantitative estimate of drug-likeness (QED) is 0.148. The van der Waals surface area contributed by atoms with E-state index in [4.69, 9.17) is 0 Å². The number of allylic oxidation sites excluding steroid dienone is 4. The van der Waals surface area contributed by atoms with Gasteiger partial charge in [0.05, 0.1) is 16.4 Å². The molecule has 1 atom stereocenters. The maximum absolute atomic E-state index is 2.48. The Labute approximate surface area is 391 Å². The number of hydrogen-bond acceptors (Lipinski definition) is 1. The maximum Gasteiger partial charge on any atom is 0.0677 e. The van der Waals surface area contributed by atoms with Crippen LogP contribution in [0, 0.1) is 0 Å². The number of anilines is 3. The molecule has 67 heavy (non-hydrogen) atoms. The predicted octanol–water partition coefficient (Wildman–Crippen LogP) is 17.3. The zero-order valence-corrected chi connectivity index (χ0v) is 37.1. The van der Waals surface area contributed by atoms with Gasteiger partial charge in [0.2, 0.25) is 0 Å². The van der Waals surface area contributed by atoms with Crippen LogP contribution in [-0.2, 0) is 5.41 Å². The summed E-state index contributed by atoms with van der Waals surface area (Å²) in [5.74, 6) is 0. The molecule has 2 aliphatic carbocycles. The SMILES string of the molecule is C1=CCCC(C2(c3ccccc3)c3ccccc3-c3ccc(N(c4ccc(-c5ccccc5)cc4)c4ccc(-c5ccc(-n6c7ccccc7c7ccc8ccccc8c76)cc5)cc4)cc32)=C1. The molecule has 0 bridgehead atoms. The zero-order valence-electron chi connectivity index (χ0n) is 37.1. The Kier molecular flexibility index (Phi) is 9.25. The largest absolute Gasteiger partial charge is 0.310 e. The van der Waals surface area contributed by atoms with Crippen molar-refractivity contribution in [2.45, 2.75) is 18.3 Å². The van der Waals surface area contributed by atoms with E-state index in [0.717, 1.165) is 35.6 Å². The minimum absolute atomic E-state index is 0.418. The average Bonchev–Trinajstić information content (AvgIpc) is 3.91. The number of nitrogens with zero attached hydrogens (tertiary/aromatic N) is 2. The van der Waals surface area contributed by atoms with Crippen molar-refractivity contribution in [2.75, 3.05) is 4.90 Å². The highest BCUT2D eigenvalue weighted by Gasteiger charge is 2.47.